The Labute approximate surface area is 158 Å². The molecule has 0 bridgehead atoms. The zero-order valence-electron chi connectivity index (χ0n) is 15.1. The zero-order valence-corrected chi connectivity index (χ0v) is 15.1. The molecular formula is C22H20N4O. The molecule has 0 aliphatic rings. The van der Waals surface area contributed by atoms with Crippen LogP contribution in [0.15, 0.2) is 72.9 Å². The number of amides is 1. The highest BCUT2D eigenvalue weighted by Gasteiger charge is 2.12. The molecule has 0 spiro atoms. The van der Waals surface area contributed by atoms with E-state index >= 15 is 0 Å². The zero-order chi connectivity index (χ0) is 19.1. The SMILES string of the molecule is CCN(Cc1ccccc1)c1ccc(C(=O)Nc2ccccc2C#N)nc1. The van der Waals surface area contributed by atoms with Gasteiger partial charge in [-0.1, -0.05) is 42.5 Å². The first-order valence-electron chi connectivity index (χ1n) is 8.76. The molecule has 1 heterocycles. The lowest BCUT2D eigenvalue weighted by Crippen LogP contribution is -2.22. The third-order valence-electron chi connectivity index (χ3n) is 4.24. The number of para-hydroxylation sites is 1. The monoisotopic (exact) mass is 356 g/mol. The van der Waals surface area contributed by atoms with Gasteiger partial charge in [-0.3, -0.25) is 4.79 Å². The third-order valence-corrected chi connectivity index (χ3v) is 4.24. The molecule has 1 amide bonds. The van der Waals surface area contributed by atoms with E-state index in [4.69, 9.17) is 5.26 Å². The van der Waals surface area contributed by atoms with Crippen molar-refractivity contribution in [2.45, 2.75) is 13.5 Å². The maximum absolute atomic E-state index is 12.4. The summed E-state index contributed by atoms with van der Waals surface area (Å²) < 4.78 is 0. The highest BCUT2D eigenvalue weighted by atomic mass is 16.1. The predicted octanol–water partition coefficient (Wildman–Crippen LogP) is 4.23. The van der Waals surface area contributed by atoms with Gasteiger partial charge in [0, 0.05) is 13.1 Å². The summed E-state index contributed by atoms with van der Waals surface area (Å²) in [5.74, 6) is -0.338. The van der Waals surface area contributed by atoms with Gasteiger partial charge in [0.15, 0.2) is 0 Å². The highest BCUT2D eigenvalue weighted by molar-refractivity contribution is 6.03. The maximum atomic E-state index is 12.4. The molecular weight excluding hydrogens is 336 g/mol. The smallest absolute Gasteiger partial charge is 0.274 e. The third kappa shape index (κ3) is 4.50. The molecule has 0 saturated carbocycles. The molecule has 5 nitrogen and oxygen atoms in total. The number of rotatable bonds is 6. The Morgan fingerprint density at radius 1 is 1.07 bits per heavy atom. The van der Waals surface area contributed by atoms with Crippen LogP contribution in [0.4, 0.5) is 11.4 Å². The number of nitrogens with zero attached hydrogens (tertiary/aromatic N) is 3. The standard InChI is InChI=1S/C22H20N4O/c1-2-26(16-17-8-4-3-5-9-17)19-12-13-21(24-15-19)22(27)25-20-11-7-6-10-18(20)14-23/h3-13,15H,2,16H2,1H3,(H,25,27). The van der Waals surface area contributed by atoms with Crippen LogP contribution in [-0.2, 0) is 6.54 Å². The lowest BCUT2D eigenvalue weighted by Gasteiger charge is -2.23. The fourth-order valence-electron chi connectivity index (χ4n) is 2.77. The van der Waals surface area contributed by atoms with Crippen LogP contribution in [0.25, 0.3) is 0 Å². The number of pyridine rings is 1. The van der Waals surface area contributed by atoms with E-state index in [0.29, 0.717) is 16.9 Å². The molecule has 0 aliphatic heterocycles. The Bertz CT molecular complexity index is 946. The first-order valence-corrected chi connectivity index (χ1v) is 8.76. The van der Waals surface area contributed by atoms with E-state index < -0.39 is 0 Å². The Kier molecular flexibility index (Phi) is 5.80. The van der Waals surface area contributed by atoms with Crippen LogP contribution in [0, 0.1) is 11.3 Å². The second kappa shape index (κ2) is 8.63. The van der Waals surface area contributed by atoms with Crippen LogP contribution in [0.2, 0.25) is 0 Å². The van der Waals surface area contributed by atoms with Crippen molar-refractivity contribution in [1.82, 2.24) is 4.98 Å². The Morgan fingerprint density at radius 3 is 2.48 bits per heavy atom. The van der Waals surface area contributed by atoms with Crippen LogP contribution < -0.4 is 10.2 Å². The molecule has 0 aliphatic carbocycles. The van der Waals surface area contributed by atoms with E-state index in [-0.39, 0.29) is 5.91 Å². The van der Waals surface area contributed by atoms with Crippen molar-refractivity contribution in [1.29, 1.82) is 5.26 Å². The Hall–Kier alpha value is -3.65. The van der Waals surface area contributed by atoms with Gasteiger partial charge in [0.1, 0.15) is 11.8 Å². The second-order valence-electron chi connectivity index (χ2n) is 6.01. The lowest BCUT2D eigenvalue weighted by molar-refractivity contribution is 0.102. The average molecular weight is 356 g/mol. The van der Waals surface area contributed by atoms with Crippen molar-refractivity contribution >= 4 is 17.3 Å². The van der Waals surface area contributed by atoms with E-state index in [9.17, 15) is 4.79 Å². The molecule has 1 aromatic heterocycles. The van der Waals surface area contributed by atoms with E-state index in [2.05, 4.69) is 40.3 Å². The maximum Gasteiger partial charge on any atom is 0.274 e. The molecule has 0 unspecified atom stereocenters. The summed E-state index contributed by atoms with van der Waals surface area (Å²) in [6.45, 7) is 3.69. The molecule has 3 rings (SSSR count). The van der Waals surface area contributed by atoms with Crippen LogP contribution in [0.1, 0.15) is 28.5 Å². The summed E-state index contributed by atoms with van der Waals surface area (Å²) in [5.41, 5.74) is 3.38. The average Bonchev–Trinajstić information content (AvgIpc) is 2.73. The van der Waals surface area contributed by atoms with Crippen molar-refractivity contribution in [2.24, 2.45) is 0 Å². The van der Waals surface area contributed by atoms with Gasteiger partial charge in [0.2, 0.25) is 0 Å². The van der Waals surface area contributed by atoms with E-state index in [1.54, 1.807) is 36.5 Å². The normalized spacial score (nSPS) is 10.1. The molecule has 0 saturated heterocycles. The summed E-state index contributed by atoms with van der Waals surface area (Å²) >= 11 is 0. The van der Waals surface area contributed by atoms with Gasteiger partial charge in [0.25, 0.3) is 5.91 Å². The molecule has 134 valence electrons. The summed E-state index contributed by atoms with van der Waals surface area (Å²) in [4.78, 5) is 18.9. The summed E-state index contributed by atoms with van der Waals surface area (Å²) in [7, 11) is 0. The Morgan fingerprint density at radius 2 is 1.81 bits per heavy atom. The first-order chi connectivity index (χ1) is 13.2. The second-order valence-corrected chi connectivity index (χ2v) is 6.01. The Balaban J connectivity index is 1.72. The largest absolute Gasteiger partial charge is 0.366 e. The first kappa shape index (κ1) is 18.2. The molecule has 5 heteroatoms. The number of benzene rings is 2. The topological polar surface area (TPSA) is 69.0 Å². The van der Waals surface area contributed by atoms with Crippen LogP contribution in [0.5, 0.6) is 0 Å². The van der Waals surface area contributed by atoms with Crippen LogP contribution in [0.3, 0.4) is 0 Å². The summed E-state index contributed by atoms with van der Waals surface area (Å²) in [6.07, 6.45) is 1.71. The predicted molar refractivity (Wildman–Crippen MR) is 107 cm³/mol. The number of anilines is 2. The van der Waals surface area contributed by atoms with Gasteiger partial charge in [-0.05, 0) is 36.8 Å². The molecule has 0 fully saturated rings. The minimum absolute atomic E-state index is 0.308. The van der Waals surface area contributed by atoms with Crippen molar-refractivity contribution in [3.05, 3.63) is 89.7 Å². The minimum Gasteiger partial charge on any atom is -0.366 e. The summed E-state index contributed by atoms with van der Waals surface area (Å²) in [6, 6.07) is 22.8. The summed E-state index contributed by atoms with van der Waals surface area (Å²) in [5, 5.41) is 11.9. The van der Waals surface area contributed by atoms with Crippen LogP contribution in [-0.4, -0.2) is 17.4 Å². The lowest BCUT2D eigenvalue weighted by atomic mass is 10.2. The number of nitrogens with one attached hydrogen (secondary N) is 1. The number of aromatic nitrogens is 1. The fraction of sp³-hybridized carbons (Fsp3) is 0.136. The molecule has 1 N–H and O–H groups in total. The molecule has 0 radical (unpaired) electrons. The van der Waals surface area contributed by atoms with E-state index in [0.717, 1.165) is 18.8 Å². The van der Waals surface area contributed by atoms with Gasteiger partial charge in [-0.2, -0.15) is 5.26 Å². The molecule has 3 aromatic rings. The molecule has 2 aromatic carbocycles. The number of nitriles is 1. The molecule has 0 atom stereocenters. The van der Waals surface area contributed by atoms with E-state index in [1.165, 1.54) is 5.56 Å². The number of carbonyl (C=O) groups excluding carboxylic acids is 1. The van der Waals surface area contributed by atoms with Gasteiger partial charge in [-0.15, -0.1) is 0 Å². The van der Waals surface area contributed by atoms with Gasteiger partial charge in [0.05, 0.1) is 23.1 Å². The van der Waals surface area contributed by atoms with Gasteiger partial charge < -0.3 is 10.2 Å². The van der Waals surface area contributed by atoms with Crippen molar-refractivity contribution in [2.75, 3.05) is 16.8 Å². The van der Waals surface area contributed by atoms with Gasteiger partial charge >= 0.3 is 0 Å². The van der Waals surface area contributed by atoms with Crippen molar-refractivity contribution < 1.29 is 4.79 Å². The number of hydrogen-bond donors (Lipinski definition) is 1. The van der Waals surface area contributed by atoms with Crippen molar-refractivity contribution in [3.8, 4) is 6.07 Å². The minimum atomic E-state index is -0.338. The quantitative estimate of drug-likeness (QED) is 0.717. The number of hydrogen-bond acceptors (Lipinski definition) is 4. The van der Waals surface area contributed by atoms with Crippen molar-refractivity contribution in [3.63, 3.8) is 0 Å². The highest BCUT2D eigenvalue weighted by Crippen LogP contribution is 2.18. The van der Waals surface area contributed by atoms with Gasteiger partial charge in [-0.25, -0.2) is 4.98 Å². The van der Waals surface area contributed by atoms with Crippen LogP contribution >= 0.6 is 0 Å². The number of carbonyl (C=O) groups is 1. The molecule has 27 heavy (non-hydrogen) atoms. The van der Waals surface area contributed by atoms with E-state index in [1.807, 2.05) is 24.3 Å². The fourth-order valence-corrected chi connectivity index (χ4v) is 2.77.